The van der Waals surface area contributed by atoms with Crippen LogP contribution in [0.3, 0.4) is 0 Å². The van der Waals surface area contributed by atoms with Gasteiger partial charge in [-0.3, -0.25) is 4.68 Å². The van der Waals surface area contributed by atoms with E-state index in [2.05, 4.69) is 20.8 Å². The lowest BCUT2D eigenvalue weighted by molar-refractivity contribution is 0.771. The molecule has 0 aromatic carbocycles. The van der Waals surface area contributed by atoms with Crippen LogP contribution in [0.5, 0.6) is 0 Å². The highest BCUT2D eigenvalue weighted by Gasteiger charge is 2.06. The smallest absolute Gasteiger partial charge is 0.107 e. The Kier molecular flexibility index (Phi) is 2.60. The van der Waals surface area contributed by atoms with Gasteiger partial charge < -0.3 is 5.32 Å². The monoisotopic (exact) mass is 208 g/mol. The van der Waals surface area contributed by atoms with E-state index in [1.54, 1.807) is 17.5 Å². The van der Waals surface area contributed by atoms with Gasteiger partial charge in [0.15, 0.2) is 0 Å². The maximum Gasteiger partial charge on any atom is 0.107 e. The number of rotatable bonds is 3. The normalized spacial score (nSPS) is 10.7. The third-order valence-corrected chi connectivity index (χ3v) is 2.81. The second-order valence-electron chi connectivity index (χ2n) is 3.00. The van der Waals surface area contributed by atoms with Crippen molar-refractivity contribution in [3.05, 3.63) is 22.7 Å². The zero-order valence-electron chi connectivity index (χ0n) is 8.19. The van der Waals surface area contributed by atoms with E-state index >= 15 is 0 Å². The summed E-state index contributed by atoms with van der Waals surface area (Å²) in [6.07, 6.45) is 1.78. The largest absolute Gasteiger partial charge is 0.314 e. The molecular formula is C9H12N4S. The van der Waals surface area contributed by atoms with Gasteiger partial charge in [-0.15, -0.1) is 11.3 Å². The first kappa shape index (κ1) is 9.36. The molecule has 2 aromatic rings. The summed E-state index contributed by atoms with van der Waals surface area (Å²) in [5.74, 6) is 0. The van der Waals surface area contributed by atoms with Crippen LogP contribution < -0.4 is 5.32 Å². The van der Waals surface area contributed by atoms with Gasteiger partial charge in [-0.05, 0) is 13.1 Å². The minimum Gasteiger partial charge on any atom is -0.314 e. The lowest BCUT2D eigenvalue weighted by Gasteiger charge is -1.96. The molecule has 2 aromatic heterocycles. The second-order valence-corrected chi connectivity index (χ2v) is 3.94. The average Bonchev–Trinajstić information content (AvgIpc) is 2.74. The van der Waals surface area contributed by atoms with E-state index in [0.717, 1.165) is 22.9 Å². The van der Waals surface area contributed by atoms with Crippen molar-refractivity contribution in [3.8, 4) is 11.4 Å². The Labute approximate surface area is 86.6 Å². The maximum atomic E-state index is 4.50. The highest BCUT2D eigenvalue weighted by molar-refractivity contribution is 7.09. The molecule has 0 unspecified atom stereocenters. The van der Waals surface area contributed by atoms with Gasteiger partial charge in [-0.2, -0.15) is 5.10 Å². The van der Waals surface area contributed by atoms with Crippen LogP contribution in [0.1, 0.15) is 5.01 Å². The van der Waals surface area contributed by atoms with Gasteiger partial charge in [-0.1, -0.05) is 0 Å². The molecule has 0 saturated carbocycles. The molecule has 0 atom stereocenters. The van der Waals surface area contributed by atoms with Crippen molar-refractivity contribution in [2.24, 2.45) is 7.05 Å². The predicted molar refractivity (Wildman–Crippen MR) is 57.1 cm³/mol. The number of aromatic nitrogens is 3. The highest BCUT2D eigenvalue weighted by Crippen LogP contribution is 2.20. The van der Waals surface area contributed by atoms with E-state index < -0.39 is 0 Å². The van der Waals surface area contributed by atoms with Crippen LogP contribution >= 0.6 is 11.3 Å². The van der Waals surface area contributed by atoms with Crippen molar-refractivity contribution < 1.29 is 0 Å². The third kappa shape index (κ3) is 1.69. The molecule has 0 saturated heterocycles. The van der Waals surface area contributed by atoms with Gasteiger partial charge in [0.2, 0.25) is 0 Å². The summed E-state index contributed by atoms with van der Waals surface area (Å²) in [6, 6.07) is 1.97. The summed E-state index contributed by atoms with van der Waals surface area (Å²) in [7, 11) is 3.84. The molecule has 0 amide bonds. The minimum absolute atomic E-state index is 0.822. The first-order valence-corrected chi connectivity index (χ1v) is 5.26. The van der Waals surface area contributed by atoms with Gasteiger partial charge in [0.25, 0.3) is 0 Å². The molecule has 0 aliphatic rings. The molecule has 14 heavy (non-hydrogen) atoms. The van der Waals surface area contributed by atoms with Crippen molar-refractivity contribution in [1.82, 2.24) is 20.1 Å². The SMILES string of the molecule is CNCc1nc(-c2ccnn2C)cs1. The molecular weight excluding hydrogens is 196 g/mol. The predicted octanol–water partition coefficient (Wildman–Crippen LogP) is 1.26. The third-order valence-electron chi connectivity index (χ3n) is 1.96. The Morgan fingerprint density at radius 3 is 3.07 bits per heavy atom. The van der Waals surface area contributed by atoms with Crippen LogP contribution in [0, 0.1) is 0 Å². The number of aryl methyl sites for hydroxylation is 1. The van der Waals surface area contributed by atoms with Crippen molar-refractivity contribution >= 4 is 11.3 Å². The van der Waals surface area contributed by atoms with Crippen LogP contribution in [0.15, 0.2) is 17.6 Å². The van der Waals surface area contributed by atoms with Crippen molar-refractivity contribution in [2.75, 3.05) is 7.05 Å². The summed E-state index contributed by atoms with van der Waals surface area (Å²) >= 11 is 1.67. The Morgan fingerprint density at radius 2 is 2.43 bits per heavy atom. The van der Waals surface area contributed by atoms with E-state index in [1.165, 1.54) is 0 Å². The topological polar surface area (TPSA) is 42.7 Å². The Hall–Kier alpha value is -1.20. The van der Waals surface area contributed by atoms with E-state index in [4.69, 9.17) is 0 Å². The quantitative estimate of drug-likeness (QED) is 0.826. The molecule has 0 spiro atoms. The van der Waals surface area contributed by atoms with Crippen molar-refractivity contribution in [3.63, 3.8) is 0 Å². The van der Waals surface area contributed by atoms with Crippen LogP contribution in [0.25, 0.3) is 11.4 Å². The Bertz CT molecular complexity index is 418. The summed E-state index contributed by atoms with van der Waals surface area (Å²) in [5.41, 5.74) is 2.06. The van der Waals surface area contributed by atoms with E-state index in [9.17, 15) is 0 Å². The van der Waals surface area contributed by atoms with Crippen LogP contribution in [0.2, 0.25) is 0 Å². The molecule has 0 radical (unpaired) electrons. The van der Waals surface area contributed by atoms with E-state index in [0.29, 0.717) is 0 Å². The number of thiazole rings is 1. The molecule has 2 heterocycles. The van der Waals surface area contributed by atoms with Gasteiger partial charge >= 0.3 is 0 Å². The molecule has 74 valence electrons. The number of hydrogen-bond acceptors (Lipinski definition) is 4. The Balaban J connectivity index is 2.29. The van der Waals surface area contributed by atoms with E-state index in [1.807, 2.05) is 24.8 Å². The van der Waals surface area contributed by atoms with Gasteiger partial charge in [-0.25, -0.2) is 4.98 Å². The molecule has 0 fully saturated rings. The molecule has 0 aliphatic heterocycles. The van der Waals surface area contributed by atoms with Gasteiger partial charge in [0, 0.05) is 25.2 Å². The molecule has 4 nitrogen and oxygen atoms in total. The summed E-state index contributed by atoms with van der Waals surface area (Å²) in [5, 5.41) is 10.4. The van der Waals surface area contributed by atoms with Crippen molar-refractivity contribution in [2.45, 2.75) is 6.54 Å². The molecule has 0 aliphatic carbocycles. The molecule has 1 N–H and O–H groups in total. The van der Waals surface area contributed by atoms with Crippen LogP contribution in [0.4, 0.5) is 0 Å². The minimum atomic E-state index is 0.822. The lowest BCUT2D eigenvalue weighted by atomic mass is 10.3. The first-order valence-electron chi connectivity index (χ1n) is 4.38. The zero-order chi connectivity index (χ0) is 9.97. The van der Waals surface area contributed by atoms with Gasteiger partial charge in [0.1, 0.15) is 5.01 Å². The fourth-order valence-electron chi connectivity index (χ4n) is 1.29. The molecule has 5 heteroatoms. The first-order chi connectivity index (χ1) is 6.81. The zero-order valence-corrected chi connectivity index (χ0v) is 9.01. The number of nitrogens with one attached hydrogen (secondary N) is 1. The summed E-state index contributed by atoms with van der Waals surface area (Å²) < 4.78 is 1.83. The van der Waals surface area contributed by atoms with Gasteiger partial charge in [0.05, 0.1) is 11.4 Å². The second kappa shape index (κ2) is 3.89. The Morgan fingerprint density at radius 1 is 1.57 bits per heavy atom. The van der Waals surface area contributed by atoms with Crippen LogP contribution in [-0.2, 0) is 13.6 Å². The number of nitrogens with zero attached hydrogens (tertiary/aromatic N) is 3. The molecule has 2 rings (SSSR count). The standard InChI is InChI=1S/C9H12N4S/c1-10-5-9-12-7(6-14-9)8-3-4-11-13(8)2/h3-4,6,10H,5H2,1-2H3. The summed E-state index contributed by atoms with van der Waals surface area (Å²) in [6.45, 7) is 0.822. The average molecular weight is 208 g/mol. The summed E-state index contributed by atoms with van der Waals surface area (Å²) in [4.78, 5) is 4.50. The maximum absolute atomic E-state index is 4.50. The molecule has 0 bridgehead atoms. The fourth-order valence-corrected chi connectivity index (χ4v) is 2.09. The van der Waals surface area contributed by atoms with E-state index in [-0.39, 0.29) is 0 Å². The fraction of sp³-hybridized carbons (Fsp3) is 0.333. The van der Waals surface area contributed by atoms with Crippen molar-refractivity contribution in [1.29, 1.82) is 0 Å². The lowest BCUT2D eigenvalue weighted by Crippen LogP contribution is -2.04. The highest BCUT2D eigenvalue weighted by atomic mass is 32.1. The van der Waals surface area contributed by atoms with Crippen LogP contribution in [-0.4, -0.2) is 21.8 Å². The number of hydrogen-bond donors (Lipinski definition) is 1.